The standard InChI is InChI=1S/C15H18N2OS/c1-2-3-8-16-14(18)13-9-11-6-4-5-7-12(11)10-17(13)15(16)19/h4-7,13H,2-3,8-10H2,1H3/t13-/m1/s1. The van der Waals surface area contributed by atoms with Crippen molar-refractivity contribution in [1.29, 1.82) is 0 Å². The van der Waals surface area contributed by atoms with Gasteiger partial charge in [-0.2, -0.15) is 0 Å². The van der Waals surface area contributed by atoms with E-state index in [0.29, 0.717) is 0 Å². The van der Waals surface area contributed by atoms with Gasteiger partial charge >= 0.3 is 0 Å². The smallest absolute Gasteiger partial charge is 0.251 e. The van der Waals surface area contributed by atoms with E-state index in [4.69, 9.17) is 12.2 Å². The third-order valence-corrected chi connectivity index (χ3v) is 4.47. The summed E-state index contributed by atoms with van der Waals surface area (Å²) >= 11 is 5.49. The molecule has 0 saturated carbocycles. The predicted octanol–water partition coefficient (Wildman–Crippen LogP) is 2.34. The van der Waals surface area contributed by atoms with E-state index in [1.54, 1.807) is 4.90 Å². The molecule has 0 aromatic heterocycles. The summed E-state index contributed by atoms with van der Waals surface area (Å²) < 4.78 is 0. The minimum atomic E-state index is -0.0701. The van der Waals surface area contributed by atoms with Gasteiger partial charge in [0.2, 0.25) is 0 Å². The van der Waals surface area contributed by atoms with E-state index in [-0.39, 0.29) is 11.9 Å². The van der Waals surface area contributed by atoms with Gasteiger partial charge < -0.3 is 4.90 Å². The van der Waals surface area contributed by atoms with Crippen molar-refractivity contribution >= 4 is 23.2 Å². The number of hydrogen-bond donors (Lipinski definition) is 0. The molecule has 2 heterocycles. The lowest BCUT2D eigenvalue weighted by atomic mass is 9.95. The first-order valence-corrected chi connectivity index (χ1v) is 7.32. The van der Waals surface area contributed by atoms with E-state index in [9.17, 15) is 4.79 Å². The van der Waals surface area contributed by atoms with Crippen LogP contribution in [0.5, 0.6) is 0 Å². The van der Waals surface area contributed by atoms with Crippen LogP contribution in [0.2, 0.25) is 0 Å². The fourth-order valence-electron chi connectivity index (χ4n) is 2.90. The number of thiocarbonyl (C=S) groups is 1. The number of amides is 1. The second kappa shape index (κ2) is 4.93. The van der Waals surface area contributed by atoms with Crippen LogP contribution in [0.1, 0.15) is 30.9 Å². The lowest BCUT2D eigenvalue weighted by Crippen LogP contribution is -2.39. The van der Waals surface area contributed by atoms with Crippen molar-refractivity contribution in [3.8, 4) is 0 Å². The van der Waals surface area contributed by atoms with Gasteiger partial charge in [-0.3, -0.25) is 9.69 Å². The van der Waals surface area contributed by atoms with Crippen molar-refractivity contribution < 1.29 is 4.79 Å². The number of nitrogens with zero attached hydrogens (tertiary/aromatic N) is 2. The fraction of sp³-hybridized carbons (Fsp3) is 0.467. The third kappa shape index (κ3) is 2.04. The van der Waals surface area contributed by atoms with E-state index in [0.717, 1.165) is 37.5 Å². The highest BCUT2D eigenvalue weighted by atomic mass is 32.1. The van der Waals surface area contributed by atoms with Crippen molar-refractivity contribution in [2.24, 2.45) is 0 Å². The summed E-state index contributed by atoms with van der Waals surface area (Å²) in [6.45, 7) is 3.67. The molecule has 0 bridgehead atoms. The molecular formula is C15H18N2OS. The third-order valence-electron chi connectivity index (χ3n) is 4.01. The van der Waals surface area contributed by atoms with Crippen LogP contribution in [0, 0.1) is 0 Å². The molecule has 1 aromatic carbocycles. The Balaban J connectivity index is 1.86. The van der Waals surface area contributed by atoms with Crippen LogP contribution in [0.4, 0.5) is 0 Å². The molecule has 1 atom stereocenters. The summed E-state index contributed by atoms with van der Waals surface area (Å²) in [5.41, 5.74) is 2.59. The Morgan fingerprint density at radius 3 is 2.79 bits per heavy atom. The largest absolute Gasteiger partial charge is 0.332 e. The highest BCUT2D eigenvalue weighted by Crippen LogP contribution is 2.30. The van der Waals surface area contributed by atoms with Gasteiger partial charge in [0.25, 0.3) is 5.91 Å². The highest BCUT2D eigenvalue weighted by molar-refractivity contribution is 7.80. The van der Waals surface area contributed by atoms with Crippen LogP contribution in [-0.4, -0.2) is 33.4 Å². The number of rotatable bonds is 3. The zero-order valence-electron chi connectivity index (χ0n) is 11.1. The van der Waals surface area contributed by atoms with Crippen LogP contribution < -0.4 is 0 Å². The van der Waals surface area contributed by atoms with Crippen LogP contribution in [-0.2, 0) is 17.8 Å². The minimum Gasteiger partial charge on any atom is -0.332 e. The summed E-state index contributed by atoms with van der Waals surface area (Å²) in [6.07, 6.45) is 2.88. The first kappa shape index (κ1) is 12.6. The molecular weight excluding hydrogens is 256 g/mol. The maximum Gasteiger partial charge on any atom is 0.251 e. The fourth-order valence-corrected chi connectivity index (χ4v) is 3.27. The number of benzene rings is 1. The molecule has 2 aliphatic rings. The van der Waals surface area contributed by atoms with Gasteiger partial charge in [0.1, 0.15) is 6.04 Å². The normalized spacial score (nSPS) is 21.6. The minimum absolute atomic E-state index is 0.0701. The molecule has 0 radical (unpaired) electrons. The summed E-state index contributed by atoms with van der Waals surface area (Å²) in [5, 5.41) is 0.720. The highest BCUT2D eigenvalue weighted by Gasteiger charge is 2.44. The molecule has 100 valence electrons. The monoisotopic (exact) mass is 274 g/mol. The molecule has 0 unspecified atom stereocenters. The first-order valence-electron chi connectivity index (χ1n) is 6.91. The zero-order valence-corrected chi connectivity index (χ0v) is 11.9. The number of hydrogen-bond acceptors (Lipinski definition) is 2. The van der Waals surface area contributed by atoms with Gasteiger partial charge in [-0.1, -0.05) is 37.6 Å². The summed E-state index contributed by atoms with van der Waals surface area (Å²) in [6, 6.07) is 8.28. The average Bonchev–Trinajstić information content (AvgIpc) is 2.67. The van der Waals surface area contributed by atoms with E-state index in [1.165, 1.54) is 11.1 Å². The topological polar surface area (TPSA) is 23.6 Å². The van der Waals surface area contributed by atoms with Gasteiger partial charge in [0, 0.05) is 19.5 Å². The first-order chi connectivity index (χ1) is 9.22. The number of fused-ring (bicyclic) bond motifs is 2. The predicted molar refractivity (Wildman–Crippen MR) is 78.7 cm³/mol. The van der Waals surface area contributed by atoms with Crippen molar-refractivity contribution in [1.82, 2.24) is 9.80 Å². The Morgan fingerprint density at radius 2 is 2.05 bits per heavy atom. The molecule has 4 heteroatoms. The Labute approximate surface area is 119 Å². The second-order valence-corrected chi connectivity index (χ2v) is 5.61. The number of carbonyl (C=O) groups is 1. The van der Waals surface area contributed by atoms with Gasteiger partial charge in [-0.05, 0) is 29.8 Å². The molecule has 1 amide bonds. The Kier molecular flexibility index (Phi) is 3.27. The van der Waals surface area contributed by atoms with Crippen molar-refractivity contribution in [3.05, 3.63) is 35.4 Å². The molecule has 3 nitrogen and oxygen atoms in total. The molecule has 1 saturated heterocycles. The maximum atomic E-state index is 12.5. The van der Waals surface area contributed by atoms with E-state index < -0.39 is 0 Å². The zero-order chi connectivity index (χ0) is 13.4. The molecule has 1 aromatic rings. The molecule has 2 aliphatic heterocycles. The van der Waals surface area contributed by atoms with Gasteiger partial charge in [0.15, 0.2) is 5.11 Å². The maximum absolute atomic E-state index is 12.5. The van der Waals surface area contributed by atoms with Crippen molar-refractivity contribution in [3.63, 3.8) is 0 Å². The number of unbranched alkanes of at least 4 members (excludes halogenated alkanes) is 1. The van der Waals surface area contributed by atoms with Gasteiger partial charge in [-0.25, -0.2) is 0 Å². The van der Waals surface area contributed by atoms with Gasteiger partial charge in [0.05, 0.1) is 0 Å². The Hall–Kier alpha value is -1.42. The average molecular weight is 274 g/mol. The van der Waals surface area contributed by atoms with Crippen LogP contribution >= 0.6 is 12.2 Å². The number of carbonyl (C=O) groups excluding carboxylic acids is 1. The van der Waals surface area contributed by atoms with Crippen LogP contribution in [0.3, 0.4) is 0 Å². The van der Waals surface area contributed by atoms with E-state index >= 15 is 0 Å². The quantitative estimate of drug-likeness (QED) is 0.791. The molecule has 0 spiro atoms. The summed E-state index contributed by atoms with van der Waals surface area (Å²) in [4.78, 5) is 16.4. The molecule has 19 heavy (non-hydrogen) atoms. The SMILES string of the molecule is CCCCN1C(=O)[C@H]2Cc3ccccc3CN2C1=S. The molecule has 1 fully saturated rings. The summed E-state index contributed by atoms with van der Waals surface area (Å²) in [5.74, 6) is 0.188. The second-order valence-electron chi connectivity index (χ2n) is 5.24. The van der Waals surface area contributed by atoms with Crippen molar-refractivity contribution in [2.75, 3.05) is 6.54 Å². The summed E-state index contributed by atoms with van der Waals surface area (Å²) in [7, 11) is 0. The molecule has 0 N–H and O–H groups in total. The van der Waals surface area contributed by atoms with Crippen molar-refractivity contribution in [2.45, 2.75) is 38.8 Å². The van der Waals surface area contributed by atoms with Crippen LogP contribution in [0.25, 0.3) is 0 Å². The van der Waals surface area contributed by atoms with E-state index in [1.807, 2.05) is 6.07 Å². The lowest BCUT2D eigenvalue weighted by Gasteiger charge is -2.30. The van der Waals surface area contributed by atoms with Crippen LogP contribution in [0.15, 0.2) is 24.3 Å². The van der Waals surface area contributed by atoms with Gasteiger partial charge in [-0.15, -0.1) is 0 Å². The Morgan fingerprint density at radius 1 is 1.32 bits per heavy atom. The lowest BCUT2D eigenvalue weighted by molar-refractivity contribution is -0.128. The Bertz CT molecular complexity index is 486. The molecule has 0 aliphatic carbocycles. The molecule has 3 rings (SSSR count). The van der Waals surface area contributed by atoms with E-state index in [2.05, 4.69) is 30.0 Å².